The highest BCUT2D eigenvalue weighted by atomic mass is 16.2. The highest BCUT2D eigenvalue weighted by Crippen LogP contribution is 2.38. The summed E-state index contributed by atoms with van der Waals surface area (Å²) < 4.78 is 1.73. The molecule has 2 heterocycles. The quantitative estimate of drug-likeness (QED) is 0.935. The van der Waals surface area contributed by atoms with Crippen molar-refractivity contribution in [1.82, 2.24) is 9.78 Å². The maximum absolute atomic E-state index is 12.8. The number of hydrogen-bond acceptors (Lipinski definition) is 3. The van der Waals surface area contributed by atoms with Gasteiger partial charge in [-0.15, -0.1) is 0 Å². The number of rotatable bonds is 3. The smallest absolute Gasteiger partial charge is 0.261 e. The van der Waals surface area contributed by atoms with Gasteiger partial charge in [0.05, 0.1) is 11.8 Å². The molecule has 0 spiro atoms. The Morgan fingerprint density at radius 3 is 2.86 bits per heavy atom. The largest absolute Gasteiger partial charge is 0.330 e. The van der Waals surface area contributed by atoms with Gasteiger partial charge in [-0.05, 0) is 31.5 Å². The molecule has 0 saturated carbocycles. The predicted octanol–water partition coefficient (Wildman–Crippen LogP) is 1.82. The molecule has 0 saturated heterocycles. The predicted molar refractivity (Wildman–Crippen MR) is 82.5 cm³/mol. The van der Waals surface area contributed by atoms with Crippen LogP contribution in [0.4, 0.5) is 5.69 Å². The number of para-hydroxylation sites is 1. The number of benzene rings is 1. The van der Waals surface area contributed by atoms with Crippen molar-refractivity contribution in [3.05, 3.63) is 47.3 Å². The van der Waals surface area contributed by atoms with Crippen LogP contribution < -0.4 is 10.6 Å². The van der Waals surface area contributed by atoms with Crippen LogP contribution in [0.25, 0.3) is 0 Å². The van der Waals surface area contributed by atoms with Crippen LogP contribution in [-0.4, -0.2) is 28.8 Å². The summed E-state index contributed by atoms with van der Waals surface area (Å²) in [4.78, 5) is 14.7. The highest BCUT2D eigenvalue weighted by Gasteiger charge is 2.33. The average Bonchev–Trinajstić information content (AvgIpc) is 3.02. The van der Waals surface area contributed by atoms with Crippen LogP contribution >= 0.6 is 0 Å². The van der Waals surface area contributed by atoms with E-state index in [0.717, 1.165) is 17.8 Å². The zero-order valence-electron chi connectivity index (χ0n) is 12.4. The topological polar surface area (TPSA) is 64.2 Å². The van der Waals surface area contributed by atoms with E-state index in [2.05, 4.69) is 11.2 Å². The van der Waals surface area contributed by atoms with Crippen LogP contribution in [-0.2, 0) is 7.05 Å². The number of nitrogens with zero attached hydrogens (tertiary/aromatic N) is 3. The van der Waals surface area contributed by atoms with Gasteiger partial charge in [-0.3, -0.25) is 9.48 Å². The Hall–Kier alpha value is -2.14. The number of carbonyl (C=O) groups is 1. The van der Waals surface area contributed by atoms with Crippen molar-refractivity contribution in [3.8, 4) is 0 Å². The summed E-state index contributed by atoms with van der Waals surface area (Å²) in [7, 11) is 1.85. The van der Waals surface area contributed by atoms with E-state index in [1.165, 1.54) is 5.56 Å². The molecule has 1 aromatic heterocycles. The summed E-state index contributed by atoms with van der Waals surface area (Å²) >= 11 is 0. The molecule has 0 aliphatic carbocycles. The minimum absolute atomic E-state index is 0.0209. The summed E-state index contributed by atoms with van der Waals surface area (Å²) in [6, 6.07) is 8.10. The number of fused-ring (bicyclic) bond motifs is 1. The summed E-state index contributed by atoms with van der Waals surface area (Å²) in [6.45, 7) is 3.25. The summed E-state index contributed by atoms with van der Waals surface area (Å²) in [5, 5.41) is 4.17. The number of hydrogen-bond donors (Lipinski definition) is 1. The lowest BCUT2D eigenvalue weighted by atomic mass is 9.98. The molecule has 5 heteroatoms. The first-order valence-electron chi connectivity index (χ1n) is 7.23. The van der Waals surface area contributed by atoms with E-state index in [1.807, 2.05) is 37.1 Å². The minimum atomic E-state index is 0.0209. The summed E-state index contributed by atoms with van der Waals surface area (Å²) in [6.07, 6.45) is 2.54. The van der Waals surface area contributed by atoms with Gasteiger partial charge >= 0.3 is 0 Å². The standard InChI is InChI=1S/C16H20N4O/c1-11-14(9-18-19(11)2)16(21)20-10-12(7-8-17)13-5-3-4-6-15(13)20/h3-6,9,12H,7-8,10,17H2,1-2H3. The van der Waals surface area contributed by atoms with E-state index in [-0.39, 0.29) is 5.91 Å². The fraction of sp³-hybridized carbons (Fsp3) is 0.375. The molecule has 1 atom stereocenters. The number of amides is 1. The van der Waals surface area contributed by atoms with Crippen LogP contribution in [0, 0.1) is 6.92 Å². The van der Waals surface area contributed by atoms with Crippen LogP contribution in [0.1, 0.15) is 34.0 Å². The number of aryl methyl sites for hydroxylation is 1. The molecule has 110 valence electrons. The highest BCUT2D eigenvalue weighted by molar-refractivity contribution is 6.08. The van der Waals surface area contributed by atoms with Crippen molar-refractivity contribution < 1.29 is 4.79 Å². The third-order valence-electron chi connectivity index (χ3n) is 4.30. The zero-order valence-corrected chi connectivity index (χ0v) is 12.4. The number of nitrogens with two attached hydrogens (primary N) is 1. The molecular weight excluding hydrogens is 264 g/mol. The first-order valence-corrected chi connectivity index (χ1v) is 7.23. The Bertz CT molecular complexity index is 677. The first kappa shape index (κ1) is 13.8. The van der Waals surface area contributed by atoms with Gasteiger partial charge in [-0.25, -0.2) is 0 Å². The third kappa shape index (κ3) is 2.23. The van der Waals surface area contributed by atoms with Crippen LogP contribution in [0.5, 0.6) is 0 Å². The zero-order chi connectivity index (χ0) is 15.0. The minimum Gasteiger partial charge on any atom is -0.330 e. The van der Waals surface area contributed by atoms with Gasteiger partial charge in [0.15, 0.2) is 0 Å². The average molecular weight is 284 g/mol. The van der Waals surface area contributed by atoms with Crippen molar-refractivity contribution in [2.24, 2.45) is 12.8 Å². The molecule has 0 bridgehead atoms. The molecular formula is C16H20N4O. The molecule has 2 aromatic rings. The lowest BCUT2D eigenvalue weighted by Gasteiger charge is -2.17. The lowest BCUT2D eigenvalue weighted by Crippen LogP contribution is -2.30. The third-order valence-corrected chi connectivity index (χ3v) is 4.30. The SMILES string of the molecule is Cc1c(C(=O)N2CC(CCN)c3ccccc32)cnn1C. The van der Waals surface area contributed by atoms with Crippen LogP contribution in [0.2, 0.25) is 0 Å². The van der Waals surface area contributed by atoms with Crippen molar-refractivity contribution in [3.63, 3.8) is 0 Å². The van der Waals surface area contributed by atoms with Gasteiger partial charge in [0.1, 0.15) is 0 Å². The second-order valence-electron chi connectivity index (χ2n) is 5.52. The van der Waals surface area contributed by atoms with E-state index in [9.17, 15) is 4.79 Å². The van der Waals surface area contributed by atoms with Crippen molar-refractivity contribution in [2.45, 2.75) is 19.3 Å². The number of aromatic nitrogens is 2. The van der Waals surface area contributed by atoms with Gasteiger partial charge < -0.3 is 10.6 Å². The second-order valence-corrected chi connectivity index (χ2v) is 5.52. The molecule has 5 nitrogen and oxygen atoms in total. The molecule has 21 heavy (non-hydrogen) atoms. The lowest BCUT2D eigenvalue weighted by molar-refractivity contribution is 0.0987. The van der Waals surface area contributed by atoms with Gasteiger partial charge in [0.25, 0.3) is 5.91 Å². The molecule has 0 radical (unpaired) electrons. The Balaban J connectivity index is 1.97. The molecule has 1 aliphatic rings. The number of carbonyl (C=O) groups excluding carboxylic acids is 1. The van der Waals surface area contributed by atoms with Crippen LogP contribution in [0.3, 0.4) is 0 Å². The van der Waals surface area contributed by atoms with Crippen molar-refractivity contribution in [1.29, 1.82) is 0 Å². The molecule has 1 aromatic carbocycles. The Kier molecular flexibility index (Phi) is 3.51. The van der Waals surface area contributed by atoms with Gasteiger partial charge in [0, 0.05) is 30.9 Å². The second kappa shape index (κ2) is 5.33. The van der Waals surface area contributed by atoms with E-state index in [1.54, 1.807) is 10.9 Å². The Morgan fingerprint density at radius 1 is 1.43 bits per heavy atom. The molecule has 2 N–H and O–H groups in total. The number of anilines is 1. The van der Waals surface area contributed by atoms with Gasteiger partial charge in [0.2, 0.25) is 0 Å². The molecule has 1 aliphatic heterocycles. The Morgan fingerprint density at radius 2 is 2.19 bits per heavy atom. The van der Waals surface area contributed by atoms with Crippen molar-refractivity contribution >= 4 is 11.6 Å². The van der Waals surface area contributed by atoms with Gasteiger partial charge in [-0.2, -0.15) is 5.10 Å². The molecule has 0 fully saturated rings. The molecule has 1 unspecified atom stereocenters. The maximum Gasteiger partial charge on any atom is 0.261 e. The summed E-state index contributed by atoms with van der Waals surface area (Å²) in [5.41, 5.74) is 9.49. The first-order chi connectivity index (χ1) is 10.1. The molecule has 3 rings (SSSR count). The fourth-order valence-corrected chi connectivity index (χ4v) is 2.99. The van der Waals surface area contributed by atoms with E-state index in [4.69, 9.17) is 5.73 Å². The van der Waals surface area contributed by atoms with Gasteiger partial charge in [-0.1, -0.05) is 18.2 Å². The monoisotopic (exact) mass is 284 g/mol. The van der Waals surface area contributed by atoms with E-state index >= 15 is 0 Å². The molecule has 1 amide bonds. The Labute approximate surface area is 124 Å². The van der Waals surface area contributed by atoms with E-state index < -0.39 is 0 Å². The normalized spacial score (nSPS) is 17.1. The fourth-order valence-electron chi connectivity index (χ4n) is 2.99. The van der Waals surface area contributed by atoms with Crippen LogP contribution in [0.15, 0.2) is 30.5 Å². The van der Waals surface area contributed by atoms with E-state index in [0.29, 0.717) is 24.6 Å². The van der Waals surface area contributed by atoms with Crippen molar-refractivity contribution in [2.75, 3.05) is 18.0 Å². The maximum atomic E-state index is 12.8. The summed E-state index contributed by atoms with van der Waals surface area (Å²) in [5.74, 6) is 0.347.